The number of hydrogen-bond acceptors (Lipinski definition) is 4. The highest BCUT2D eigenvalue weighted by molar-refractivity contribution is 6.30. The van der Waals surface area contributed by atoms with Gasteiger partial charge in [0, 0.05) is 17.5 Å². The lowest BCUT2D eigenvalue weighted by molar-refractivity contribution is 0.0600. The first-order valence-corrected chi connectivity index (χ1v) is 10.0. The molecule has 2 rings (SSSR count). The predicted octanol–water partition coefficient (Wildman–Crippen LogP) is 6.99. The van der Waals surface area contributed by atoms with Gasteiger partial charge in [-0.05, 0) is 49.7 Å². The fraction of sp³-hybridized carbons (Fsp3) is 0.292. The Kier molecular flexibility index (Phi) is 9.32. The van der Waals surface area contributed by atoms with E-state index in [-0.39, 0.29) is 0 Å². The maximum absolute atomic E-state index is 12.0. The molecule has 0 bridgehead atoms. The van der Waals surface area contributed by atoms with Crippen LogP contribution in [-0.2, 0) is 4.74 Å². The van der Waals surface area contributed by atoms with Gasteiger partial charge in [0.15, 0.2) is 0 Å². The Labute approximate surface area is 177 Å². The van der Waals surface area contributed by atoms with E-state index in [1.807, 2.05) is 19.1 Å². The standard InChI is InChI=1S/C24H27ClO4/c1-4-6-8-18(7-5-2)13-14-28-22-15-19(24(26)27-3)16-23(17-22)29-21-11-9-20(25)10-12-21/h4,6,8-12,15-17H,5,7,13-14H2,1-3H3/b6-4-,18-8+. The van der Waals surface area contributed by atoms with E-state index < -0.39 is 5.97 Å². The molecule has 0 aliphatic rings. The summed E-state index contributed by atoms with van der Waals surface area (Å²) < 4.78 is 16.6. The van der Waals surface area contributed by atoms with Gasteiger partial charge in [0.1, 0.15) is 17.2 Å². The van der Waals surface area contributed by atoms with Crippen molar-refractivity contribution in [3.05, 3.63) is 76.9 Å². The molecule has 0 aliphatic heterocycles. The molecule has 0 heterocycles. The van der Waals surface area contributed by atoms with Gasteiger partial charge in [-0.25, -0.2) is 4.79 Å². The maximum Gasteiger partial charge on any atom is 0.338 e. The van der Waals surface area contributed by atoms with Crippen LogP contribution in [0.3, 0.4) is 0 Å². The molecule has 0 radical (unpaired) electrons. The topological polar surface area (TPSA) is 44.8 Å². The van der Waals surface area contributed by atoms with Crippen LogP contribution in [0.1, 0.15) is 43.5 Å². The van der Waals surface area contributed by atoms with E-state index in [1.165, 1.54) is 12.7 Å². The van der Waals surface area contributed by atoms with Gasteiger partial charge < -0.3 is 14.2 Å². The summed E-state index contributed by atoms with van der Waals surface area (Å²) in [4.78, 5) is 12.0. The van der Waals surface area contributed by atoms with Crippen LogP contribution in [0.2, 0.25) is 5.02 Å². The van der Waals surface area contributed by atoms with Gasteiger partial charge in [0.05, 0.1) is 19.3 Å². The summed E-state index contributed by atoms with van der Waals surface area (Å²) >= 11 is 5.92. The van der Waals surface area contributed by atoms with Gasteiger partial charge in [-0.3, -0.25) is 0 Å². The Hall–Kier alpha value is -2.72. The minimum absolute atomic E-state index is 0.368. The minimum Gasteiger partial charge on any atom is -0.493 e. The van der Waals surface area contributed by atoms with Crippen molar-refractivity contribution in [2.75, 3.05) is 13.7 Å². The van der Waals surface area contributed by atoms with Gasteiger partial charge in [-0.15, -0.1) is 0 Å². The molecule has 0 fully saturated rings. The zero-order valence-corrected chi connectivity index (χ0v) is 17.9. The number of benzene rings is 2. The quantitative estimate of drug-likeness (QED) is 0.310. The molecule has 0 N–H and O–H groups in total. The first kappa shape index (κ1) is 22.6. The summed E-state index contributed by atoms with van der Waals surface area (Å²) in [7, 11) is 1.35. The van der Waals surface area contributed by atoms with E-state index in [0.29, 0.717) is 34.4 Å². The molecule has 154 valence electrons. The Morgan fingerprint density at radius 1 is 1.03 bits per heavy atom. The summed E-state index contributed by atoms with van der Waals surface area (Å²) in [6.07, 6.45) is 9.11. The van der Waals surface area contributed by atoms with E-state index in [0.717, 1.165) is 19.3 Å². The average Bonchev–Trinajstić information content (AvgIpc) is 2.73. The van der Waals surface area contributed by atoms with Gasteiger partial charge >= 0.3 is 5.97 Å². The lowest BCUT2D eigenvalue weighted by Crippen LogP contribution is -2.04. The van der Waals surface area contributed by atoms with Crippen molar-refractivity contribution in [1.82, 2.24) is 0 Å². The largest absolute Gasteiger partial charge is 0.493 e. The summed E-state index contributed by atoms with van der Waals surface area (Å²) in [5, 5.41) is 0.624. The number of allylic oxidation sites excluding steroid dienone is 3. The molecule has 0 saturated heterocycles. The van der Waals surface area contributed by atoms with Crippen LogP contribution in [0, 0.1) is 0 Å². The molecule has 2 aromatic rings. The minimum atomic E-state index is -0.448. The number of carbonyl (C=O) groups is 1. The maximum atomic E-state index is 12.0. The van der Waals surface area contributed by atoms with Crippen LogP contribution in [0.4, 0.5) is 0 Å². The highest BCUT2D eigenvalue weighted by Crippen LogP contribution is 2.29. The Bertz CT molecular complexity index is 854. The number of esters is 1. The highest BCUT2D eigenvalue weighted by atomic mass is 35.5. The molecule has 29 heavy (non-hydrogen) atoms. The second kappa shape index (κ2) is 12.0. The number of hydrogen-bond donors (Lipinski definition) is 0. The summed E-state index contributed by atoms with van der Waals surface area (Å²) in [5.41, 5.74) is 1.69. The molecule has 0 atom stereocenters. The predicted molar refractivity (Wildman–Crippen MR) is 117 cm³/mol. The second-order valence-electron chi connectivity index (χ2n) is 6.44. The number of carbonyl (C=O) groups excluding carboxylic acids is 1. The van der Waals surface area contributed by atoms with Crippen molar-refractivity contribution in [2.45, 2.75) is 33.1 Å². The van der Waals surface area contributed by atoms with Crippen LogP contribution in [0.5, 0.6) is 17.2 Å². The normalized spacial score (nSPS) is 11.5. The van der Waals surface area contributed by atoms with Gasteiger partial charge in [-0.2, -0.15) is 0 Å². The van der Waals surface area contributed by atoms with E-state index in [4.69, 9.17) is 25.8 Å². The Balaban J connectivity index is 2.15. The van der Waals surface area contributed by atoms with E-state index >= 15 is 0 Å². The molecule has 0 saturated carbocycles. The summed E-state index contributed by atoms with van der Waals surface area (Å²) in [6, 6.07) is 12.1. The SMILES string of the molecule is C/C=C\C=C(/CCC)CCOc1cc(Oc2ccc(Cl)cc2)cc(C(=O)OC)c1. The average molecular weight is 415 g/mol. The fourth-order valence-corrected chi connectivity index (χ4v) is 2.86. The van der Waals surface area contributed by atoms with Gasteiger partial charge in [0.25, 0.3) is 0 Å². The Morgan fingerprint density at radius 2 is 1.76 bits per heavy atom. The molecule has 4 nitrogen and oxygen atoms in total. The van der Waals surface area contributed by atoms with E-state index in [9.17, 15) is 4.79 Å². The molecule has 5 heteroatoms. The zero-order valence-electron chi connectivity index (χ0n) is 17.1. The molecule has 2 aromatic carbocycles. The second-order valence-corrected chi connectivity index (χ2v) is 6.88. The van der Waals surface area contributed by atoms with Gasteiger partial charge in [0.2, 0.25) is 0 Å². The van der Waals surface area contributed by atoms with Crippen molar-refractivity contribution in [1.29, 1.82) is 0 Å². The number of methoxy groups -OCH3 is 1. The van der Waals surface area contributed by atoms with Crippen LogP contribution in [-0.4, -0.2) is 19.7 Å². The van der Waals surface area contributed by atoms with Crippen molar-refractivity contribution in [2.24, 2.45) is 0 Å². The fourth-order valence-electron chi connectivity index (χ4n) is 2.73. The third-order valence-electron chi connectivity index (χ3n) is 4.14. The third-order valence-corrected chi connectivity index (χ3v) is 4.39. The number of halogens is 1. The van der Waals surface area contributed by atoms with Crippen molar-refractivity contribution >= 4 is 17.6 Å². The van der Waals surface area contributed by atoms with Gasteiger partial charge in [-0.1, -0.05) is 48.7 Å². The van der Waals surface area contributed by atoms with E-state index in [1.54, 1.807) is 42.5 Å². The van der Waals surface area contributed by atoms with Crippen molar-refractivity contribution < 1.29 is 19.0 Å². The van der Waals surface area contributed by atoms with E-state index in [2.05, 4.69) is 13.0 Å². The first-order chi connectivity index (χ1) is 14.0. The van der Waals surface area contributed by atoms with Crippen LogP contribution >= 0.6 is 11.6 Å². The molecule has 0 spiro atoms. The highest BCUT2D eigenvalue weighted by Gasteiger charge is 2.11. The van der Waals surface area contributed by atoms with Crippen molar-refractivity contribution in [3.63, 3.8) is 0 Å². The van der Waals surface area contributed by atoms with Crippen LogP contribution in [0.15, 0.2) is 66.3 Å². The lowest BCUT2D eigenvalue weighted by Gasteiger charge is -2.12. The monoisotopic (exact) mass is 414 g/mol. The molecule has 0 aromatic heterocycles. The number of ether oxygens (including phenoxy) is 3. The smallest absolute Gasteiger partial charge is 0.338 e. The molecular formula is C24H27ClO4. The molecule has 0 amide bonds. The van der Waals surface area contributed by atoms with Crippen molar-refractivity contribution in [3.8, 4) is 17.2 Å². The summed E-state index contributed by atoms with van der Waals surface area (Å²) in [6.45, 7) is 4.66. The lowest BCUT2D eigenvalue weighted by atomic mass is 10.1. The molecular weight excluding hydrogens is 388 g/mol. The zero-order chi connectivity index (χ0) is 21.1. The Morgan fingerprint density at radius 3 is 2.41 bits per heavy atom. The van der Waals surface area contributed by atoms with Crippen LogP contribution in [0.25, 0.3) is 0 Å². The first-order valence-electron chi connectivity index (χ1n) is 9.66. The van der Waals surface area contributed by atoms with Crippen LogP contribution < -0.4 is 9.47 Å². The summed E-state index contributed by atoms with van der Waals surface area (Å²) in [5.74, 6) is 1.21. The molecule has 0 unspecified atom stereocenters. The number of rotatable bonds is 10. The third kappa shape index (κ3) is 7.66. The molecule has 0 aliphatic carbocycles.